The molecule has 0 fully saturated rings. The Balaban J connectivity index is 2.27. The fourth-order valence-corrected chi connectivity index (χ4v) is 1.84. The number of nitrogens with one attached hydrogen (secondary N) is 1. The summed E-state index contributed by atoms with van der Waals surface area (Å²) in [6.45, 7) is 0.779. The Morgan fingerprint density at radius 3 is 3.06 bits per heavy atom. The van der Waals surface area contributed by atoms with Crippen molar-refractivity contribution < 1.29 is 8.81 Å². The summed E-state index contributed by atoms with van der Waals surface area (Å²) in [5.41, 5.74) is 0.419. The first-order valence-electron chi connectivity index (χ1n) is 5.26. The van der Waals surface area contributed by atoms with E-state index in [9.17, 15) is 4.39 Å². The molecule has 0 bridgehead atoms. The van der Waals surface area contributed by atoms with Crippen LogP contribution in [-0.4, -0.2) is 18.6 Å². The third-order valence-electron chi connectivity index (χ3n) is 2.36. The fourth-order valence-electron chi connectivity index (χ4n) is 1.48. The van der Waals surface area contributed by atoms with E-state index < -0.39 is 0 Å². The van der Waals surface area contributed by atoms with Crippen molar-refractivity contribution in [2.24, 2.45) is 0 Å². The number of rotatable bonds is 4. The van der Waals surface area contributed by atoms with Crippen LogP contribution in [0, 0.1) is 5.82 Å². The van der Waals surface area contributed by atoms with Gasteiger partial charge in [0.2, 0.25) is 0 Å². The monoisotopic (exact) mass is 298 g/mol. The van der Waals surface area contributed by atoms with Crippen molar-refractivity contribution in [2.45, 2.75) is 6.42 Å². The molecule has 0 aliphatic rings. The molecule has 5 heteroatoms. The topological polar surface area (TPSA) is 38.1 Å². The first-order valence-corrected chi connectivity index (χ1v) is 6.05. The molecule has 1 aromatic carbocycles. The van der Waals surface area contributed by atoms with Crippen molar-refractivity contribution in [3.63, 3.8) is 0 Å². The third kappa shape index (κ3) is 2.73. The zero-order valence-electron chi connectivity index (χ0n) is 9.34. The molecule has 1 heterocycles. The van der Waals surface area contributed by atoms with E-state index in [4.69, 9.17) is 4.42 Å². The van der Waals surface area contributed by atoms with Gasteiger partial charge >= 0.3 is 0 Å². The Kier molecular flexibility index (Phi) is 3.91. The summed E-state index contributed by atoms with van der Waals surface area (Å²) in [5.74, 6) is 0.729. The van der Waals surface area contributed by atoms with Crippen LogP contribution in [0.5, 0.6) is 0 Å². The number of likely N-dealkylation sites (N-methyl/N-ethyl adjacent to an activating group) is 1. The molecule has 0 unspecified atom stereocenters. The summed E-state index contributed by atoms with van der Waals surface area (Å²) in [5, 5.41) is 3.00. The first kappa shape index (κ1) is 12.3. The minimum Gasteiger partial charge on any atom is -0.441 e. The van der Waals surface area contributed by atoms with Gasteiger partial charge in [0.15, 0.2) is 11.7 Å². The predicted molar refractivity (Wildman–Crippen MR) is 67.2 cm³/mol. The van der Waals surface area contributed by atoms with E-state index in [2.05, 4.69) is 26.2 Å². The lowest BCUT2D eigenvalue weighted by atomic mass is 10.2. The number of hydrogen-bond donors (Lipinski definition) is 1. The highest BCUT2D eigenvalue weighted by Crippen LogP contribution is 2.28. The standard InChI is InChI=1S/C12H12BrFN2O/c1-15-6-5-11-16-7-10(17-11)8-3-2-4-9(13)12(8)14/h2-4,7,15H,5-6H2,1H3. The summed E-state index contributed by atoms with van der Waals surface area (Å²) in [6.07, 6.45) is 2.24. The second-order valence-corrected chi connectivity index (χ2v) is 4.43. The van der Waals surface area contributed by atoms with E-state index in [-0.39, 0.29) is 5.82 Å². The Morgan fingerprint density at radius 1 is 1.47 bits per heavy atom. The van der Waals surface area contributed by atoms with Crippen LogP contribution >= 0.6 is 15.9 Å². The molecule has 90 valence electrons. The minimum absolute atomic E-state index is 0.330. The molecular formula is C12H12BrFN2O. The van der Waals surface area contributed by atoms with Crippen LogP contribution in [0.1, 0.15) is 5.89 Å². The lowest BCUT2D eigenvalue weighted by Crippen LogP contribution is -2.10. The van der Waals surface area contributed by atoms with Gasteiger partial charge in [0.05, 0.1) is 16.2 Å². The molecule has 0 radical (unpaired) electrons. The highest BCUT2D eigenvalue weighted by Gasteiger charge is 2.12. The molecule has 3 nitrogen and oxygen atoms in total. The molecule has 2 aromatic rings. The normalized spacial score (nSPS) is 10.8. The molecule has 0 amide bonds. The van der Waals surface area contributed by atoms with Crippen LogP contribution in [0.4, 0.5) is 4.39 Å². The van der Waals surface area contributed by atoms with Gasteiger partial charge in [-0.25, -0.2) is 9.37 Å². The molecule has 0 saturated heterocycles. The van der Waals surface area contributed by atoms with Crippen LogP contribution in [0.15, 0.2) is 33.3 Å². The maximum atomic E-state index is 13.8. The molecule has 0 spiro atoms. The average molecular weight is 299 g/mol. The largest absolute Gasteiger partial charge is 0.441 e. The van der Waals surface area contributed by atoms with Gasteiger partial charge in [-0.15, -0.1) is 0 Å². The molecule has 2 rings (SSSR count). The SMILES string of the molecule is CNCCc1ncc(-c2cccc(Br)c2F)o1. The van der Waals surface area contributed by atoms with Gasteiger partial charge in [-0.1, -0.05) is 6.07 Å². The van der Waals surface area contributed by atoms with Gasteiger partial charge in [0, 0.05) is 13.0 Å². The van der Waals surface area contributed by atoms with E-state index in [1.807, 2.05) is 7.05 Å². The van der Waals surface area contributed by atoms with Gasteiger partial charge in [-0.3, -0.25) is 0 Å². The summed E-state index contributed by atoms with van der Waals surface area (Å²) in [7, 11) is 1.86. The summed E-state index contributed by atoms with van der Waals surface area (Å²) >= 11 is 3.14. The highest BCUT2D eigenvalue weighted by molar-refractivity contribution is 9.10. The van der Waals surface area contributed by atoms with Crippen molar-refractivity contribution in [3.05, 3.63) is 40.6 Å². The van der Waals surface area contributed by atoms with E-state index >= 15 is 0 Å². The molecule has 0 aliphatic heterocycles. The number of hydrogen-bond acceptors (Lipinski definition) is 3. The third-order valence-corrected chi connectivity index (χ3v) is 2.97. The lowest BCUT2D eigenvalue weighted by Gasteiger charge is -2.00. The maximum Gasteiger partial charge on any atom is 0.196 e. The molecule has 1 N–H and O–H groups in total. The smallest absolute Gasteiger partial charge is 0.196 e. The van der Waals surface area contributed by atoms with Crippen molar-refractivity contribution in [2.75, 3.05) is 13.6 Å². The van der Waals surface area contributed by atoms with Crippen molar-refractivity contribution in [1.82, 2.24) is 10.3 Å². The van der Waals surface area contributed by atoms with Crippen LogP contribution in [-0.2, 0) is 6.42 Å². The van der Waals surface area contributed by atoms with Gasteiger partial charge < -0.3 is 9.73 Å². The second-order valence-electron chi connectivity index (χ2n) is 3.57. The fraction of sp³-hybridized carbons (Fsp3) is 0.250. The Bertz CT molecular complexity index is 513. The number of nitrogens with zero attached hydrogens (tertiary/aromatic N) is 1. The molecule has 1 aromatic heterocycles. The second kappa shape index (κ2) is 5.42. The van der Waals surface area contributed by atoms with Gasteiger partial charge in [-0.2, -0.15) is 0 Å². The summed E-state index contributed by atoms with van der Waals surface area (Å²) in [4.78, 5) is 4.11. The van der Waals surface area contributed by atoms with E-state index in [1.54, 1.807) is 24.4 Å². The average Bonchev–Trinajstić information content (AvgIpc) is 2.78. The maximum absolute atomic E-state index is 13.8. The molecule has 0 aliphatic carbocycles. The quantitative estimate of drug-likeness (QED) is 0.943. The zero-order valence-corrected chi connectivity index (χ0v) is 10.9. The summed E-state index contributed by atoms with van der Waals surface area (Å²) < 4.78 is 19.7. The Hall–Kier alpha value is -1.20. The van der Waals surface area contributed by atoms with Gasteiger partial charge in [0.1, 0.15) is 5.82 Å². The Morgan fingerprint density at radius 2 is 2.29 bits per heavy atom. The molecule has 0 saturated carbocycles. The van der Waals surface area contributed by atoms with Crippen molar-refractivity contribution >= 4 is 15.9 Å². The molecule has 17 heavy (non-hydrogen) atoms. The number of aromatic nitrogens is 1. The zero-order chi connectivity index (χ0) is 12.3. The molecule has 0 atom stereocenters. The van der Waals surface area contributed by atoms with Crippen molar-refractivity contribution in [3.8, 4) is 11.3 Å². The van der Waals surface area contributed by atoms with E-state index in [0.717, 1.165) is 6.54 Å². The first-order chi connectivity index (χ1) is 8.22. The van der Waals surface area contributed by atoms with Gasteiger partial charge in [-0.05, 0) is 35.1 Å². The van der Waals surface area contributed by atoms with Gasteiger partial charge in [0.25, 0.3) is 0 Å². The Labute approximate surface area is 107 Å². The highest BCUT2D eigenvalue weighted by atomic mass is 79.9. The lowest BCUT2D eigenvalue weighted by molar-refractivity contribution is 0.497. The molecular weight excluding hydrogens is 287 g/mol. The minimum atomic E-state index is -0.330. The van der Waals surface area contributed by atoms with E-state index in [0.29, 0.717) is 28.1 Å². The number of oxazole rings is 1. The summed E-state index contributed by atoms with van der Waals surface area (Å²) in [6, 6.07) is 5.08. The number of benzene rings is 1. The van der Waals surface area contributed by atoms with Crippen LogP contribution in [0.3, 0.4) is 0 Å². The van der Waals surface area contributed by atoms with Crippen LogP contribution in [0.25, 0.3) is 11.3 Å². The van der Waals surface area contributed by atoms with Crippen LogP contribution < -0.4 is 5.32 Å². The van der Waals surface area contributed by atoms with E-state index in [1.165, 1.54) is 0 Å². The predicted octanol–water partition coefficient (Wildman–Crippen LogP) is 3.01. The number of halogens is 2. The van der Waals surface area contributed by atoms with Crippen molar-refractivity contribution in [1.29, 1.82) is 0 Å². The van der Waals surface area contributed by atoms with Crippen LogP contribution in [0.2, 0.25) is 0 Å².